The number of hydrogen-bond donors (Lipinski definition) is 1. The van der Waals surface area contributed by atoms with Crippen LogP contribution < -0.4 is 5.32 Å². The van der Waals surface area contributed by atoms with Crippen molar-refractivity contribution < 1.29 is 9.53 Å². The van der Waals surface area contributed by atoms with Gasteiger partial charge in [-0.25, -0.2) is 0 Å². The molecule has 2 aliphatic rings. The van der Waals surface area contributed by atoms with Gasteiger partial charge < -0.3 is 9.64 Å². The minimum absolute atomic E-state index is 0.0580. The summed E-state index contributed by atoms with van der Waals surface area (Å²) < 4.78 is 5.15. The zero-order valence-corrected chi connectivity index (χ0v) is 14.0. The first-order chi connectivity index (χ1) is 10.1. The maximum Gasteiger partial charge on any atom is 0.326 e. The number of piperidine rings is 1. The Hall–Kier alpha value is -0.610. The van der Waals surface area contributed by atoms with E-state index in [-0.39, 0.29) is 5.97 Å². The van der Waals surface area contributed by atoms with Crippen molar-refractivity contribution in [1.29, 1.82) is 0 Å². The molecular formula is C17H32N2O2. The molecule has 1 saturated carbocycles. The number of hydrogen-bond acceptors (Lipinski definition) is 4. The summed E-state index contributed by atoms with van der Waals surface area (Å²) in [5, 5.41) is 3.55. The first-order valence-electron chi connectivity index (χ1n) is 8.67. The fourth-order valence-electron chi connectivity index (χ4n) is 4.20. The molecule has 2 atom stereocenters. The largest absolute Gasteiger partial charge is 0.468 e. The molecular weight excluding hydrogens is 264 g/mol. The Bertz CT molecular complexity index is 340. The second-order valence-corrected chi connectivity index (χ2v) is 7.04. The molecule has 1 aliphatic heterocycles. The summed E-state index contributed by atoms with van der Waals surface area (Å²) >= 11 is 0. The molecule has 0 bridgehead atoms. The summed E-state index contributed by atoms with van der Waals surface area (Å²) in [6.45, 7) is 7.82. The predicted octanol–water partition coefficient (Wildman–Crippen LogP) is 2.57. The van der Waals surface area contributed by atoms with Crippen LogP contribution in [0.2, 0.25) is 0 Å². The van der Waals surface area contributed by atoms with E-state index in [1.54, 1.807) is 0 Å². The van der Waals surface area contributed by atoms with Crippen LogP contribution in [0.5, 0.6) is 0 Å². The van der Waals surface area contributed by atoms with Gasteiger partial charge in [0, 0.05) is 6.04 Å². The Morgan fingerprint density at radius 2 is 2.00 bits per heavy atom. The van der Waals surface area contributed by atoms with E-state index in [2.05, 4.69) is 24.1 Å². The summed E-state index contributed by atoms with van der Waals surface area (Å²) in [7, 11) is 1.52. The quantitative estimate of drug-likeness (QED) is 0.765. The fourth-order valence-corrected chi connectivity index (χ4v) is 4.20. The van der Waals surface area contributed by atoms with Crippen LogP contribution in [0.1, 0.15) is 58.8 Å². The monoisotopic (exact) mass is 296 g/mol. The summed E-state index contributed by atoms with van der Waals surface area (Å²) in [5.74, 6) is 0.353. The Kier molecular flexibility index (Phi) is 6.06. The zero-order valence-electron chi connectivity index (χ0n) is 14.0. The van der Waals surface area contributed by atoms with Crippen LogP contribution in [0.4, 0.5) is 0 Å². The first-order valence-corrected chi connectivity index (χ1v) is 8.67. The molecule has 2 rings (SSSR count). The fraction of sp³-hybridized carbons (Fsp3) is 0.941. The van der Waals surface area contributed by atoms with Gasteiger partial charge >= 0.3 is 5.97 Å². The number of nitrogens with zero attached hydrogens (tertiary/aromatic N) is 1. The third-order valence-corrected chi connectivity index (χ3v) is 5.16. The summed E-state index contributed by atoms with van der Waals surface area (Å²) in [6.07, 6.45) is 8.33. The number of likely N-dealkylation sites (tertiary alicyclic amines) is 1. The SMILES string of the molecule is COC(=O)C1(NC(C)C)CCCC1CCN1CCCCC1. The van der Waals surface area contributed by atoms with E-state index in [1.807, 2.05) is 0 Å². The maximum atomic E-state index is 12.4. The minimum atomic E-state index is -0.446. The van der Waals surface area contributed by atoms with Crippen LogP contribution in [0, 0.1) is 5.92 Å². The predicted molar refractivity (Wildman–Crippen MR) is 85.3 cm³/mol. The molecule has 0 spiro atoms. The van der Waals surface area contributed by atoms with Crippen molar-refractivity contribution in [3.8, 4) is 0 Å². The highest BCUT2D eigenvalue weighted by Gasteiger charge is 2.49. The van der Waals surface area contributed by atoms with Gasteiger partial charge in [-0.05, 0) is 71.5 Å². The molecule has 4 nitrogen and oxygen atoms in total. The van der Waals surface area contributed by atoms with Crippen molar-refractivity contribution in [2.24, 2.45) is 5.92 Å². The molecule has 2 unspecified atom stereocenters. The third-order valence-electron chi connectivity index (χ3n) is 5.16. The van der Waals surface area contributed by atoms with Gasteiger partial charge in [0.25, 0.3) is 0 Å². The van der Waals surface area contributed by atoms with Crippen LogP contribution in [-0.2, 0) is 9.53 Å². The molecule has 0 aromatic rings. The van der Waals surface area contributed by atoms with Gasteiger partial charge in [0.1, 0.15) is 5.54 Å². The second kappa shape index (κ2) is 7.59. The standard InChI is InChI=1S/C17H32N2O2/c1-14(2)18-17(16(20)21-3)10-7-8-15(17)9-13-19-11-5-4-6-12-19/h14-15,18H,4-13H2,1-3H3. The molecule has 0 aromatic heterocycles. The highest BCUT2D eigenvalue weighted by Crippen LogP contribution is 2.39. The number of nitrogens with one attached hydrogen (secondary N) is 1. The third kappa shape index (κ3) is 3.98. The van der Waals surface area contributed by atoms with Gasteiger partial charge in [-0.1, -0.05) is 12.8 Å². The van der Waals surface area contributed by atoms with E-state index in [0.29, 0.717) is 12.0 Å². The summed E-state index contributed by atoms with van der Waals surface area (Å²) in [6, 6.07) is 0.305. The normalized spacial score (nSPS) is 30.8. The van der Waals surface area contributed by atoms with Crippen LogP contribution in [0.15, 0.2) is 0 Å². The molecule has 1 saturated heterocycles. The Morgan fingerprint density at radius 1 is 1.29 bits per heavy atom. The molecule has 21 heavy (non-hydrogen) atoms. The lowest BCUT2D eigenvalue weighted by atomic mass is 9.83. The van der Waals surface area contributed by atoms with Crippen molar-refractivity contribution in [3.05, 3.63) is 0 Å². The second-order valence-electron chi connectivity index (χ2n) is 7.04. The molecule has 0 aromatic carbocycles. The lowest BCUT2D eigenvalue weighted by molar-refractivity contribution is -0.151. The van der Waals surface area contributed by atoms with Crippen LogP contribution in [0.3, 0.4) is 0 Å². The Balaban J connectivity index is 1.99. The zero-order chi connectivity index (χ0) is 15.3. The molecule has 0 radical (unpaired) electrons. The van der Waals surface area contributed by atoms with E-state index in [1.165, 1.54) is 39.5 Å². The highest BCUT2D eigenvalue weighted by molar-refractivity contribution is 5.81. The summed E-state index contributed by atoms with van der Waals surface area (Å²) in [4.78, 5) is 15.0. The van der Waals surface area contributed by atoms with Crippen LogP contribution >= 0.6 is 0 Å². The van der Waals surface area contributed by atoms with Crippen LogP contribution in [-0.4, -0.2) is 49.2 Å². The first kappa shape index (κ1) is 16.8. The minimum Gasteiger partial charge on any atom is -0.468 e. The number of carbonyl (C=O) groups is 1. The van der Waals surface area contributed by atoms with Crippen molar-refractivity contribution in [2.45, 2.75) is 70.4 Å². The molecule has 1 N–H and O–H groups in total. The molecule has 0 amide bonds. The topological polar surface area (TPSA) is 41.6 Å². The van der Waals surface area contributed by atoms with Crippen molar-refractivity contribution in [2.75, 3.05) is 26.7 Å². The molecule has 2 fully saturated rings. The lowest BCUT2D eigenvalue weighted by Gasteiger charge is -2.37. The maximum absolute atomic E-state index is 12.4. The number of ether oxygens (including phenoxy) is 1. The Labute approximate surface area is 129 Å². The smallest absolute Gasteiger partial charge is 0.326 e. The number of methoxy groups -OCH3 is 1. The van der Waals surface area contributed by atoms with E-state index in [4.69, 9.17) is 4.74 Å². The van der Waals surface area contributed by atoms with E-state index in [0.717, 1.165) is 32.2 Å². The van der Waals surface area contributed by atoms with Crippen molar-refractivity contribution in [1.82, 2.24) is 10.2 Å². The van der Waals surface area contributed by atoms with Gasteiger partial charge in [0.15, 0.2) is 0 Å². The summed E-state index contributed by atoms with van der Waals surface area (Å²) in [5.41, 5.74) is -0.446. The van der Waals surface area contributed by atoms with Gasteiger partial charge in [0.05, 0.1) is 7.11 Å². The highest BCUT2D eigenvalue weighted by atomic mass is 16.5. The van der Waals surface area contributed by atoms with Gasteiger partial charge in [-0.15, -0.1) is 0 Å². The molecule has 1 aliphatic carbocycles. The number of rotatable bonds is 6. The molecule has 1 heterocycles. The number of esters is 1. The van der Waals surface area contributed by atoms with E-state index in [9.17, 15) is 4.79 Å². The van der Waals surface area contributed by atoms with Gasteiger partial charge in [0.2, 0.25) is 0 Å². The van der Waals surface area contributed by atoms with E-state index < -0.39 is 5.54 Å². The van der Waals surface area contributed by atoms with Gasteiger partial charge in [-0.2, -0.15) is 0 Å². The van der Waals surface area contributed by atoms with Gasteiger partial charge in [-0.3, -0.25) is 10.1 Å². The molecule has 122 valence electrons. The lowest BCUT2D eigenvalue weighted by Crippen LogP contribution is -2.58. The number of carbonyl (C=O) groups excluding carboxylic acids is 1. The average molecular weight is 296 g/mol. The molecule has 4 heteroatoms. The van der Waals surface area contributed by atoms with E-state index >= 15 is 0 Å². The average Bonchev–Trinajstić information content (AvgIpc) is 2.88. The van der Waals surface area contributed by atoms with Crippen molar-refractivity contribution >= 4 is 5.97 Å². The Morgan fingerprint density at radius 3 is 2.62 bits per heavy atom. The van der Waals surface area contributed by atoms with Crippen molar-refractivity contribution in [3.63, 3.8) is 0 Å². The van der Waals surface area contributed by atoms with Crippen LogP contribution in [0.25, 0.3) is 0 Å².